The Morgan fingerprint density at radius 1 is 1.02 bits per heavy atom. The average Bonchev–Trinajstić information content (AvgIpc) is 3.54. The molecule has 6 nitrogen and oxygen atoms in total. The van der Waals surface area contributed by atoms with E-state index in [1.165, 1.54) is 29.2 Å². The Balaban J connectivity index is 1.20. The number of ether oxygens (including phenoxy) is 1. The number of carbonyl (C=O) groups is 3. The van der Waals surface area contributed by atoms with Gasteiger partial charge < -0.3 is 4.74 Å². The summed E-state index contributed by atoms with van der Waals surface area (Å²) in [7, 11) is 0. The van der Waals surface area contributed by atoms with Crippen LogP contribution in [-0.4, -0.2) is 28.8 Å². The van der Waals surface area contributed by atoms with E-state index < -0.39 is 23.0 Å². The topological polar surface area (TPSA) is 87.5 Å². The van der Waals surface area contributed by atoms with Crippen LogP contribution in [-0.2, 0) is 14.3 Å². The summed E-state index contributed by atoms with van der Waals surface area (Å²) < 4.78 is 19.8. The van der Waals surface area contributed by atoms with E-state index in [0.717, 1.165) is 19.3 Å². The summed E-state index contributed by atoms with van der Waals surface area (Å²) in [5.74, 6) is -2.13. The van der Waals surface area contributed by atoms with Crippen LogP contribution in [0, 0.1) is 34.9 Å². The third-order valence-electron chi connectivity index (χ3n) is 9.34. The standard InChI is InChI=1S/C33H31FN2O4/c1-20(29(37)21-10-13-23(34)14-11-21)7-5-6-16-33-18-17-32(2,40-33)27-28(33)31(39)36(30(27)38)26-15-12-22(19-35)24-8-3-4-9-25(24)26/h3-4,8-15,20,27-28H,5-7,16-18H2,1-2H3/t20?,27?,28-,32?,33?/m0/s1. The monoisotopic (exact) mass is 538 g/mol. The molecule has 0 saturated carbocycles. The Morgan fingerprint density at radius 2 is 1.73 bits per heavy atom. The summed E-state index contributed by atoms with van der Waals surface area (Å²) in [6.45, 7) is 3.84. The fourth-order valence-corrected chi connectivity index (χ4v) is 7.33. The number of benzene rings is 3. The second kappa shape index (κ2) is 9.64. The summed E-state index contributed by atoms with van der Waals surface area (Å²) in [6, 6.07) is 18.6. The summed E-state index contributed by atoms with van der Waals surface area (Å²) in [5, 5.41) is 11.0. The van der Waals surface area contributed by atoms with Gasteiger partial charge in [-0.25, -0.2) is 9.29 Å². The molecule has 3 aliphatic rings. The van der Waals surface area contributed by atoms with Gasteiger partial charge in [0.1, 0.15) is 5.82 Å². The molecule has 0 spiro atoms. The number of anilines is 1. The fraction of sp³-hybridized carbons (Fsp3) is 0.394. The summed E-state index contributed by atoms with van der Waals surface area (Å²) in [4.78, 5) is 42.0. The van der Waals surface area contributed by atoms with Gasteiger partial charge in [-0.3, -0.25) is 14.4 Å². The van der Waals surface area contributed by atoms with Crippen molar-refractivity contribution in [2.24, 2.45) is 17.8 Å². The molecule has 3 aromatic carbocycles. The molecule has 3 aromatic rings. The van der Waals surface area contributed by atoms with Crippen molar-refractivity contribution in [3.05, 3.63) is 77.6 Å². The minimum Gasteiger partial charge on any atom is -0.367 e. The molecule has 0 aliphatic carbocycles. The minimum atomic E-state index is -0.701. The first-order valence-electron chi connectivity index (χ1n) is 14.0. The third kappa shape index (κ3) is 3.97. The van der Waals surface area contributed by atoms with E-state index in [1.54, 1.807) is 12.1 Å². The van der Waals surface area contributed by atoms with Crippen LogP contribution in [0.1, 0.15) is 68.3 Å². The van der Waals surface area contributed by atoms with Crippen LogP contribution in [0.2, 0.25) is 0 Å². The Hall–Kier alpha value is -3.89. The number of ketones is 1. The van der Waals surface area contributed by atoms with Gasteiger partial charge in [0.2, 0.25) is 11.8 Å². The highest BCUT2D eigenvalue weighted by molar-refractivity contribution is 6.26. The fourth-order valence-electron chi connectivity index (χ4n) is 7.33. The first-order chi connectivity index (χ1) is 19.2. The summed E-state index contributed by atoms with van der Waals surface area (Å²) in [6.07, 6.45) is 4.29. The number of rotatable bonds is 8. The van der Waals surface area contributed by atoms with Gasteiger partial charge in [-0.15, -0.1) is 0 Å². The van der Waals surface area contributed by atoms with E-state index in [1.807, 2.05) is 38.1 Å². The van der Waals surface area contributed by atoms with E-state index in [0.29, 0.717) is 46.8 Å². The molecule has 3 heterocycles. The van der Waals surface area contributed by atoms with Gasteiger partial charge in [-0.2, -0.15) is 5.26 Å². The lowest BCUT2D eigenvalue weighted by molar-refractivity contribution is -0.130. The molecule has 3 aliphatic heterocycles. The zero-order chi connectivity index (χ0) is 28.2. The molecule has 2 amide bonds. The zero-order valence-corrected chi connectivity index (χ0v) is 22.7. The smallest absolute Gasteiger partial charge is 0.240 e. The maximum Gasteiger partial charge on any atom is 0.240 e. The van der Waals surface area contributed by atoms with Gasteiger partial charge in [0.05, 0.1) is 40.4 Å². The molecule has 2 bridgehead atoms. The lowest BCUT2D eigenvalue weighted by Crippen LogP contribution is -2.42. The first-order valence-corrected chi connectivity index (χ1v) is 14.0. The molecule has 3 fully saturated rings. The predicted octanol–water partition coefficient (Wildman–Crippen LogP) is 6.36. The molecule has 4 unspecified atom stereocenters. The van der Waals surface area contributed by atoms with Crippen molar-refractivity contribution in [3.63, 3.8) is 0 Å². The van der Waals surface area contributed by atoms with Crippen molar-refractivity contribution in [2.75, 3.05) is 4.90 Å². The molecular weight excluding hydrogens is 507 g/mol. The number of carbonyl (C=O) groups excluding carboxylic acids is 3. The maximum absolute atomic E-state index is 14.0. The highest BCUT2D eigenvalue weighted by atomic mass is 19.1. The number of nitrogens with zero attached hydrogens (tertiary/aromatic N) is 2. The number of imide groups is 1. The highest BCUT2D eigenvalue weighted by Gasteiger charge is 2.73. The minimum absolute atomic E-state index is 0.00867. The summed E-state index contributed by atoms with van der Waals surface area (Å²) in [5.41, 5.74) is 0.128. The summed E-state index contributed by atoms with van der Waals surface area (Å²) >= 11 is 0. The van der Waals surface area contributed by atoms with Crippen molar-refractivity contribution in [3.8, 4) is 6.07 Å². The lowest BCUT2D eigenvalue weighted by Gasteiger charge is -2.31. The number of halogens is 1. The number of hydrogen-bond donors (Lipinski definition) is 0. The Bertz CT molecular complexity index is 1580. The van der Waals surface area contributed by atoms with E-state index in [4.69, 9.17) is 4.74 Å². The van der Waals surface area contributed by atoms with Gasteiger partial charge >= 0.3 is 0 Å². The average molecular weight is 539 g/mol. The van der Waals surface area contributed by atoms with E-state index in [-0.39, 0.29) is 29.3 Å². The number of unbranched alkanes of at least 4 members (excludes halogenated alkanes) is 1. The van der Waals surface area contributed by atoms with Crippen LogP contribution >= 0.6 is 0 Å². The maximum atomic E-state index is 14.0. The number of Topliss-reactive ketones (excluding diaryl/α,β-unsaturated/α-hetero) is 1. The number of amides is 2. The molecule has 6 rings (SSSR count). The number of nitriles is 1. The van der Waals surface area contributed by atoms with Gasteiger partial charge in [0.15, 0.2) is 5.78 Å². The van der Waals surface area contributed by atoms with Gasteiger partial charge in [-0.1, -0.05) is 44.0 Å². The van der Waals surface area contributed by atoms with Gasteiger partial charge in [0, 0.05) is 22.3 Å². The molecule has 0 radical (unpaired) electrons. The molecule has 40 heavy (non-hydrogen) atoms. The van der Waals surface area contributed by atoms with E-state index >= 15 is 0 Å². The zero-order valence-electron chi connectivity index (χ0n) is 22.7. The highest BCUT2D eigenvalue weighted by Crippen LogP contribution is 2.63. The molecular formula is C33H31FN2O4. The van der Waals surface area contributed by atoms with Crippen molar-refractivity contribution in [2.45, 2.75) is 63.6 Å². The molecule has 204 valence electrons. The lowest BCUT2D eigenvalue weighted by atomic mass is 9.67. The van der Waals surface area contributed by atoms with Crippen LogP contribution in [0.3, 0.4) is 0 Å². The van der Waals surface area contributed by atoms with E-state index in [9.17, 15) is 24.0 Å². The molecule has 0 N–H and O–H groups in total. The number of hydrogen-bond acceptors (Lipinski definition) is 5. The van der Waals surface area contributed by atoms with Crippen molar-refractivity contribution < 1.29 is 23.5 Å². The SMILES string of the molecule is CC(CCCCC12CCC(C)(O1)C1C(=O)N(c3ccc(C#N)c4ccccc34)C(=O)[C@H]12)C(=O)c1ccc(F)cc1. The van der Waals surface area contributed by atoms with Crippen LogP contribution < -0.4 is 4.90 Å². The Morgan fingerprint density at radius 3 is 2.45 bits per heavy atom. The Labute approximate surface area is 232 Å². The number of fused-ring (bicyclic) bond motifs is 6. The quantitative estimate of drug-likeness (QED) is 0.189. The Kier molecular flexibility index (Phi) is 6.35. The molecule has 7 heteroatoms. The van der Waals surface area contributed by atoms with Crippen molar-refractivity contribution >= 4 is 34.1 Å². The van der Waals surface area contributed by atoms with Crippen molar-refractivity contribution in [1.82, 2.24) is 0 Å². The van der Waals surface area contributed by atoms with Crippen molar-refractivity contribution in [1.29, 1.82) is 5.26 Å². The molecule has 3 saturated heterocycles. The second-order valence-corrected chi connectivity index (χ2v) is 11.8. The second-order valence-electron chi connectivity index (χ2n) is 11.8. The third-order valence-corrected chi connectivity index (χ3v) is 9.34. The van der Waals surface area contributed by atoms with Crippen LogP contribution in [0.4, 0.5) is 10.1 Å². The normalized spacial score (nSPS) is 27.7. The first kappa shape index (κ1) is 26.3. The molecule has 0 aromatic heterocycles. The van der Waals surface area contributed by atoms with Gasteiger partial charge in [0.25, 0.3) is 0 Å². The van der Waals surface area contributed by atoms with E-state index in [2.05, 4.69) is 6.07 Å². The van der Waals surface area contributed by atoms with Crippen LogP contribution in [0.15, 0.2) is 60.7 Å². The predicted molar refractivity (Wildman–Crippen MR) is 148 cm³/mol. The van der Waals surface area contributed by atoms with Crippen LogP contribution in [0.25, 0.3) is 10.8 Å². The van der Waals surface area contributed by atoms with Crippen LogP contribution in [0.5, 0.6) is 0 Å². The largest absolute Gasteiger partial charge is 0.367 e. The van der Waals surface area contributed by atoms with Gasteiger partial charge in [-0.05, 0) is 69.0 Å². The molecule has 5 atom stereocenters.